The maximum Gasteiger partial charge on any atom is 0.241 e. The Bertz CT molecular complexity index is 610. The van der Waals surface area contributed by atoms with Gasteiger partial charge in [0, 0.05) is 12.1 Å². The lowest BCUT2D eigenvalue weighted by Gasteiger charge is -2.40. The van der Waals surface area contributed by atoms with Crippen molar-refractivity contribution < 1.29 is 4.52 Å². The fourth-order valence-corrected chi connectivity index (χ4v) is 4.03. The van der Waals surface area contributed by atoms with Gasteiger partial charge in [0.25, 0.3) is 0 Å². The average Bonchev–Trinajstić information content (AvgIpc) is 3.04. The lowest BCUT2D eigenvalue weighted by molar-refractivity contribution is 0.0747. The molecule has 1 aromatic heterocycles. The highest BCUT2D eigenvalue weighted by atomic mass is 16.5. The summed E-state index contributed by atoms with van der Waals surface area (Å²) in [6.07, 6.45) is 7.03. The zero-order chi connectivity index (χ0) is 14.8. The van der Waals surface area contributed by atoms with Crippen LogP contribution in [0.5, 0.6) is 0 Å². The van der Waals surface area contributed by atoms with Gasteiger partial charge in [0.1, 0.15) is 0 Å². The third-order valence-electron chi connectivity index (χ3n) is 5.23. The second-order valence-electron chi connectivity index (χ2n) is 6.71. The van der Waals surface area contributed by atoms with Crippen LogP contribution in [0.4, 0.5) is 0 Å². The molecular formula is C18H23N3O. The second kappa shape index (κ2) is 6.21. The number of benzene rings is 1. The van der Waals surface area contributed by atoms with Gasteiger partial charge < -0.3 is 4.52 Å². The van der Waals surface area contributed by atoms with E-state index in [2.05, 4.69) is 15.0 Å². The molecule has 1 saturated heterocycles. The molecule has 4 heteroatoms. The molecule has 0 spiro atoms. The molecule has 2 fully saturated rings. The average molecular weight is 297 g/mol. The van der Waals surface area contributed by atoms with Gasteiger partial charge in [-0.25, -0.2) is 0 Å². The first kappa shape index (κ1) is 13.9. The Hall–Kier alpha value is -1.68. The maximum atomic E-state index is 5.46. The van der Waals surface area contributed by atoms with Gasteiger partial charge in [0.05, 0.1) is 6.54 Å². The van der Waals surface area contributed by atoms with Crippen molar-refractivity contribution in [1.29, 1.82) is 0 Å². The van der Waals surface area contributed by atoms with Gasteiger partial charge >= 0.3 is 0 Å². The summed E-state index contributed by atoms with van der Waals surface area (Å²) in [6.45, 7) is 3.17. The van der Waals surface area contributed by atoms with Crippen LogP contribution < -0.4 is 0 Å². The van der Waals surface area contributed by atoms with Crippen molar-refractivity contribution in [2.75, 3.05) is 13.1 Å². The van der Waals surface area contributed by atoms with Crippen LogP contribution in [-0.2, 0) is 6.54 Å². The minimum absolute atomic E-state index is 0.697. The SMILES string of the molecule is c1ccc(-c2noc(CN3CC[C@@H]4CCCC[C@@H]4C3)n2)cc1. The Morgan fingerprint density at radius 2 is 1.86 bits per heavy atom. The predicted molar refractivity (Wildman–Crippen MR) is 85.1 cm³/mol. The van der Waals surface area contributed by atoms with Crippen LogP contribution in [0, 0.1) is 11.8 Å². The van der Waals surface area contributed by atoms with Crippen LogP contribution in [0.15, 0.2) is 34.9 Å². The Balaban J connectivity index is 1.40. The van der Waals surface area contributed by atoms with E-state index < -0.39 is 0 Å². The van der Waals surface area contributed by atoms with Crippen LogP contribution in [-0.4, -0.2) is 28.1 Å². The molecule has 1 aromatic carbocycles. The Morgan fingerprint density at radius 1 is 1.05 bits per heavy atom. The number of aromatic nitrogens is 2. The largest absolute Gasteiger partial charge is 0.338 e. The zero-order valence-corrected chi connectivity index (χ0v) is 12.9. The molecule has 2 aliphatic rings. The second-order valence-corrected chi connectivity index (χ2v) is 6.71. The Morgan fingerprint density at radius 3 is 2.73 bits per heavy atom. The van der Waals surface area contributed by atoms with Crippen molar-refractivity contribution in [2.24, 2.45) is 11.8 Å². The normalized spacial score (nSPS) is 25.8. The number of fused-ring (bicyclic) bond motifs is 1. The molecule has 0 bridgehead atoms. The summed E-state index contributed by atoms with van der Waals surface area (Å²) in [7, 11) is 0. The van der Waals surface area contributed by atoms with Crippen LogP contribution in [0.1, 0.15) is 38.0 Å². The van der Waals surface area contributed by atoms with Crippen molar-refractivity contribution >= 4 is 0 Å². The van der Waals surface area contributed by atoms with E-state index in [1.54, 1.807) is 0 Å². The van der Waals surface area contributed by atoms with E-state index in [-0.39, 0.29) is 0 Å². The number of hydrogen-bond acceptors (Lipinski definition) is 4. The molecule has 22 heavy (non-hydrogen) atoms. The molecule has 1 aliphatic heterocycles. The monoisotopic (exact) mass is 297 g/mol. The van der Waals surface area contributed by atoms with Crippen molar-refractivity contribution in [2.45, 2.75) is 38.6 Å². The highest BCUT2D eigenvalue weighted by Gasteiger charge is 2.31. The van der Waals surface area contributed by atoms with Crippen LogP contribution in [0.25, 0.3) is 11.4 Å². The fourth-order valence-electron chi connectivity index (χ4n) is 4.03. The lowest BCUT2D eigenvalue weighted by atomic mass is 9.75. The summed E-state index contributed by atoms with van der Waals surface area (Å²) in [5, 5.41) is 4.12. The first-order valence-corrected chi connectivity index (χ1v) is 8.49. The lowest BCUT2D eigenvalue weighted by Crippen LogP contribution is -2.41. The van der Waals surface area contributed by atoms with Gasteiger partial charge in [-0.3, -0.25) is 4.90 Å². The highest BCUT2D eigenvalue weighted by Crippen LogP contribution is 2.36. The zero-order valence-electron chi connectivity index (χ0n) is 12.9. The molecular weight excluding hydrogens is 274 g/mol. The Labute approximate surface area is 131 Å². The van der Waals surface area contributed by atoms with Gasteiger partial charge in [-0.1, -0.05) is 54.8 Å². The minimum atomic E-state index is 0.697. The highest BCUT2D eigenvalue weighted by molar-refractivity contribution is 5.53. The van der Waals surface area contributed by atoms with E-state index in [1.165, 1.54) is 45.2 Å². The summed E-state index contributed by atoms with van der Waals surface area (Å²) < 4.78 is 5.46. The quantitative estimate of drug-likeness (QED) is 0.865. The third-order valence-corrected chi connectivity index (χ3v) is 5.23. The summed E-state index contributed by atoms with van der Waals surface area (Å²) in [5.74, 6) is 3.29. The van der Waals surface area contributed by atoms with E-state index in [9.17, 15) is 0 Å². The molecule has 2 atom stereocenters. The number of likely N-dealkylation sites (tertiary alicyclic amines) is 1. The first-order chi connectivity index (χ1) is 10.9. The summed E-state index contributed by atoms with van der Waals surface area (Å²) in [5.41, 5.74) is 1.02. The molecule has 2 aromatic rings. The van der Waals surface area contributed by atoms with Gasteiger partial charge in [-0.2, -0.15) is 4.98 Å². The van der Waals surface area contributed by atoms with Crippen molar-refractivity contribution in [3.63, 3.8) is 0 Å². The van der Waals surface area contributed by atoms with Gasteiger partial charge in [-0.05, 0) is 31.2 Å². The molecule has 4 rings (SSSR count). The van der Waals surface area contributed by atoms with E-state index >= 15 is 0 Å². The molecule has 2 heterocycles. The smallest absolute Gasteiger partial charge is 0.241 e. The Kier molecular flexibility index (Phi) is 3.94. The summed E-state index contributed by atoms with van der Waals surface area (Å²) >= 11 is 0. The molecule has 4 nitrogen and oxygen atoms in total. The summed E-state index contributed by atoms with van der Waals surface area (Å²) in [4.78, 5) is 7.05. The molecule has 0 N–H and O–H groups in total. The van der Waals surface area contributed by atoms with Crippen LogP contribution in [0.2, 0.25) is 0 Å². The molecule has 0 unspecified atom stereocenters. The number of rotatable bonds is 3. The van der Waals surface area contributed by atoms with Crippen molar-refractivity contribution in [1.82, 2.24) is 15.0 Å². The number of nitrogens with zero attached hydrogens (tertiary/aromatic N) is 3. The molecule has 116 valence electrons. The van der Waals surface area contributed by atoms with Gasteiger partial charge in [0.2, 0.25) is 11.7 Å². The number of hydrogen-bond donors (Lipinski definition) is 0. The maximum absolute atomic E-state index is 5.46. The third kappa shape index (κ3) is 2.93. The van der Waals surface area contributed by atoms with Gasteiger partial charge in [-0.15, -0.1) is 0 Å². The first-order valence-electron chi connectivity index (χ1n) is 8.49. The van der Waals surface area contributed by atoms with Crippen molar-refractivity contribution in [3.8, 4) is 11.4 Å². The number of piperidine rings is 1. The van der Waals surface area contributed by atoms with E-state index in [0.29, 0.717) is 5.82 Å². The molecule has 1 saturated carbocycles. The van der Waals surface area contributed by atoms with E-state index in [1.807, 2.05) is 30.3 Å². The van der Waals surface area contributed by atoms with E-state index in [0.717, 1.165) is 29.8 Å². The summed E-state index contributed by atoms with van der Waals surface area (Å²) in [6, 6.07) is 10.0. The standard InChI is InChI=1S/C18H23N3O/c1-2-7-15(8-3-1)18-19-17(22-20-18)13-21-11-10-14-6-4-5-9-16(14)12-21/h1-3,7-8,14,16H,4-6,9-13H2/t14-,16+/m0/s1. The molecule has 1 aliphatic carbocycles. The molecule has 0 radical (unpaired) electrons. The predicted octanol–water partition coefficient (Wildman–Crippen LogP) is 3.75. The fraction of sp³-hybridized carbons (Fsp3) is 0.556. The minimum Gasteiger partial charge on any atom is -0.338 e. The molecule has 0 amide bonds. The van der Waals surface area contributed by atoms with Crippen LogP contribution in [0.3, 0.4) is 0 Å². The van der Waals surface area contributed by atoms with Gasteiger partial charge in [0.15, 0.2) is 0 Å². The van der Waals surface area contributed by atoms with Crippen molar-refractivity contribution in [3.05, 3.63) is 36.2 Å². The van der Waals surface area contributed by atoms with E-state index in [4.69, 9.17) is 4.52 Å². The van der Waals surface area contributed by atoms with Crippen LogP contribution >= 0.6 is 0 Å². The topological polar surface area (TPSA) is 42.2 Å².